The van der Waals surface area contributed by atoms with Gasteiger partial charge in [-0.15, -0.1) is 45.3 Å². The molecule has 0 aliphatic heterocycles. The molecule has 0 spiro atoms. The first-order chi connectivity index (χ1) is 31.5. The molecule has 4 heterocycles. The van der Waals surface area contributed by atoms with Crippen molar-refractivity contribution in [2.45, 2.75) is 259 Å². The monoisotopic (exact) mass is 1070 g/mol. The minimum absolute atomic E-state index is 1.24. The van der Waals surface area contributed by atoms with E-state index >= 15 is 0 Å². The van der Waals surface area contributed by atoms with Gasteiger partial charge in [-0.05, 0) is 119 Å². The van der Waals surface area contributed by atoms with Crippen LogP contribution in [-0.4, -0.2) is 0 Å². The highest BCUT2D eigenvalue weighted by molar-refractivity contribution is 9.11. The van der Waals surface area contributed by atoms with Gasteiger partial charge in [-0.2, -0.15) is 0 Å². The van der Waals surface area contributed by atoms with E-state index in [-0.39, 0.29) is 0 Å². The van der Waals surface area contributed by atoms with Crippen molar-refractivity contribution >= 4 is 97.4 Å². The fourth-order valence-electron chi connectivity index (χ4n) is 9.96. The van der Waals surface area contributed by atoms with Crippen molar-refractivity contribution in [2.24, 2.45) is 0 Å². The molecule has 358 valence electrons. The third kappa shape index (κ3) is 18.1. The van der Waals surface area contributed by atoms with E-state index in [2.05, 4.69) is 106 Å². The van der Waals surface area contributed by atoms with E-state index in [0.29, 0.717) is 0 Å². The van der Waals surface area contributed by atoms with E-state index in [4.69, 9.17) is 0 Å². The lowest BCUT2D eigenvalue weighted by atomic mass is 9.97. The fourth-order valence-corrected chi connectivity index (χ4v) is 16.1. The summed E-state index contributed by atoms with van der Waals surface area (Å²) < 4.78 is 5.46. The Hall–Kier alpha value is -0.500. The van der Waals surface area contributed by atoms with E-state index in [1.165, 1.54) is 280 Å². The molecule has 0 bridgehead atoms. The summed E-state index contributed by atoms with van der Waals surface area (Å²) in [7, 11) is 0. The number of halogens is 2. The molecule has 0 aliphatic carbocycles. The topological polar surface area (TPSA) is 0 Å². The van der Waals surface area contributed by atoms with Gasteiger partial charge in [-0.1, -0.05) is 207 Å². The van der Waals surface area contributed by atoms with Crippen molar-refractivity contribution in [2.75, 3.05) is 0 Å². The van der Waals surface area contributed by atoms with Crippen molar-refractivity contribution in [3.63, 3.8) is 0 Å². The number of hydrogen-bond acceptors (Lipinski definition) is 4. The molecule has 0 aliphatic rings. The van der Waals surface area contributed by atoms with Crippen LogP contribution in [0.2, 0.25) is 0 Å². The predicted molar refractivity (Wildman–Crippen MR) is 304 cm³/mol. The Balaban J connectivity index is 1.42. The predicted octanol–water partition coefficient (Wildman–Crippen LogP) is 23.8. The lowest BCUT2D eigenvalue weighted by molar-refractivity contribution is 0.572. The van der Waals surface area contributed by atoms with Crippen LogP contribution in [0.15, 0.2) is 31.8 Å². The molecule has 0 saturated carbocycles. The minimum Gasteiger partial charge on any atom is -0.140 e. The van der Waals surface area contributed by atoms with Crippen molar-refractivity contribution in [1.29, 1.82) is 0 Å². The number of thiophene rings is 4. The molecule has 0 unspecified atom stereocenters. The third-order valence-corrected chi connectivity index (χ3v) is 19.6. The van der Waals surface area contributed by atoms with Gasteiger partial charge in [-0.25, -0.2) is 0 Å². The van der Waals surface area contributed by atoms with Gasteiger partial charge in [0.2, 0.25) is 0 Å². The first-order valence-corrected chi connectivity index (χ1v) is 31.9. The number of rotatable bonds is 38. The number of unbranched alkanes of at least 4 members (excludes halogenated alkanes) is 28. The Bertz CT molecular complexity index is 1720. The summed E-state index contributed by atoms with van der Waals surface area (Å²) in [4.78, 5) is 6.35. The third-order valence-electron chi connectivity index (χ3n) is 13.8. The summed E-state index contributed by atoms with van der Waals surface area (Å²) in [6.07, 6.45) is 49.3. The van der Waals surface area contributed by atoms with Crippen molar-refractivity contribution in [3.8, 4) is 20.9 Å². The summed E-state index contributed by atoms with van der Waals surface area (Å²) >= 11 is 16.3. The standard InChI is InChI=1S/C58H88Br2S4/c1-5-9-13-17-21-25-29-33-37-45-41-51(61-49(45)39-35-31-27-23-19-15-11-7-3)55-47-43-53(59)64-58(47)56(48-44-54(60)63-57(48)55)52-42-46(38-34-30-26-22-18-14-10-6-2)50(62-52)40-36-32-28-24-20-16-12-8-4/h41-44H,5-40H2,1-4H3. The zero-order chi connectivity index (χ0) is 45.2. The summed E-state index contributed by atoms with van der Waals surface area (Å²) in [6.45, 7) is 9.30. The number of aryl methyl sites for hydroxylation is 4. The molecule has 0 fully saturated rings. The van der Waals surface area contributed by atoms with Gasteiger partial charge >= 0.3 is 0 Å². The maximum absolute atomic E-state index is 4.05. The van der Waals surface area contributed by atoms with Crippen LogP contribution in [0.4, 0.5) is 0 Å². The fraction of sp³-hybridized carbons (Fsp3) is 0.690. The second-order valence-corrected chi connectivity index (χ2v) is 26.5. The molecule has 0 saturated heterocycles. The zero-order valence-electron chi connectivity index (χ0n) is 41.2. The molecule has 0 radical (unpaired) electrons. The van der Waals surface area contributed by atoms with Gasteiger partial charge in [0.1, 0.15) is 0 Å². The molecule has 4 aromatic heterocycles. The second-order valence-electron chi connectivity index (χ2n) is 19.4. The van der Waals surface area contributed by atoms with Crippen LogP contribution in [0.25, 0.3) is 41.1 Å². The average Bonchev–Trinajstić information content (AvgIpc) is 4.08. The van der Waals surface area contributed by atoms with E-state index in [9.17, 15) is 0 Å². The quantitative estimate of drug-likeness (QED) is 0.0346. The Kier molecular flexibility index (Phi) is 27.5. The molecule has 64 heavy (non-hydrogen) atoms. The Morgan fingerprint density at radius 2 is 0.578 bits per heavy atom. The number of hydrogen-bond donors (Lipinski definition) is 0. The molecular formula is C58H88Br2S4. The molecule has 6 heteroatoms. The summed E-state index contributed by atoms with van der Waals surface area (Å²) in [5.74, 6) is 0. The van der Waals surface area contributed by atoms with E-state index in [0.717, 1.165) is 0 Å². The highest BCUT2D eigenvalue weighted by Crippen LogP contribution is 2.54. The van der Waals surface area contributed by atoms with Crippen LogP contribution in [0.5, 0.6) is 0 Å². The first kappa shape index (κ1) is 54.4. The lowest BCUT2D eigenvalue weighted by Gasteiger charge is -2.09. The van der Waals surface area contributed by atoms with Gasteiger partial charge in [0.05, 0.1) is 7.57 Å². The maximum atomic E-state index is 4.05. The zero-order valence-corrected chi connectivity index (χ0v) is 47.6. The molecule has 0 amide bonds. The lowest BCUT2D eigenvalue weighted by Crippen LogP contribution is -1.91. The summed E-state index contributed by atoms with van der Waals surface area (Å²) in [5.41, 5.74) is 6.29. The number of benzene rings is 1. The van der Waals surface area contributed by atoms with Crippen LogP contribution in [-0.2, 0) is 25.7 Å². The van der Waals surface area contributed by atoms with Gasteiger partial charge < -0.3 is 0 Å². The smallest absolute Gasteiger partial charge is 0.0711 e. The van der Waals surface area contributed by atoms with Crippen LogP contribution < -0.4 is 0 Å². The van der Waals surface area contributed by atoms with E-state index in [1.54, 1.807) is 20.9 Å². The largest absolute Gasteiger partial charge is 0.140 e. The van der Waals surface area contributed by atoms with Crippen LogP contribution in [0.1, 0.15) is 254 Å². The Morgan fingerprint density at radius 3 is 0.875 bits per heavy atom. The van der Waals surface area contributed by atoms with Crippen molar-refractivity contribution < 1.29 is 0 Å². The molecule has 5 aromatic rings. The van der Waals surface area contributed by atoms with Crippen LogP contribution >= 0.6 is 77.2 Å². The average molecular weight is 1070 g/mol. The van der Waals surface area contributed by atoms with Gasteiger partial charge in [-0.3, -0.25) is 0 Å². The Morgan fingerprint density at radius 1 is 0.312 bits per heavy atom. The molecule has 0 N–H and O–H groups in total. The molecule has 5 rings (SSSR count). The molecule has 0 atom stereocenters. The summed E-state index contributed by atoms with van der Waals surface area (Å²) in [5, 5.41) is 2.91. The first-order valence-electron chi connectivity index (χ1n) is 27.1. The molecule has 0 nitrogen and oxygen atoms in total. The normalized spacial score (nSPS) is 12.0. The van der Waals surface area contributed by atoms with Gasteiger partial charge in [0.25, 0.3) is 0 Å². The highest BCUT2D eigenvalue weighted by Gasteiger charge is 2.25. The Labute approximate surface area is 426 Å². The van der Waals surface area contributed by atoms with Crippen LogP contribution in [0, 0.1) is 0 Å². The molecule has 1 aromatic carbocycles. The molecular weight excluding hydrogens is 985 g/mol. The summed E-state index contributed by atoms with van der Waals surface area (Å²) in [6, 6.07) is 10.3. The van der Waals surface area contributed by atoms with Gasteiger partial charge in [0, 0.05) is 50.8 Å². The maximum Gasteiger partial charge on any atom is 0.0711 e. The van der Waals surface area contributed by atoms with Gasteiger partial charge in [0.15, 0.2) is 0 Å². The number of fused-ring (bicyclic) bond motifs is 2. The minimum atomic E-state index is 1.24. The van der Waals surface area contributed by atoms with Crippen molar-refractivity contribution in [1.82, 2.24) is 0 Å². The second kappa shape index (κ2) is 32.3. The highest BCUT2D eigenvalue weighted by atomic mass is 79.9. The van der Waals surface area contributed by atoms with E-state index in [1.807, 2.05) is 22.7 Å². The SMILES string of the molecule is CCCCCCCCCCc1cc(-c2c3cc(Br)sc3c(-c3cc(CCCCCCCCCC)c(CCCCCCCCCC)s3)c3cc(Br)sc23)sc1CCCCCCCCCC. The van der Waals surface area contributed by atoms with Crippen molar-refractivity contribution in [3.05, 3.63) is 52.7 Å². The van der Waals surface area contributed by atoms with Crippen LogP contribution in [0.3, 0.4) is 0 Å². The van der Waals surface area contributed by atoms with E-state index < -0.39 is 0 Å².